The zero-order chi connectivity index (χ0) is 15.0. The van der Waals surface area contributed by atoms with Gasteiger partial charge in [0, 0.05) is 10.4 Å². The van der Waals surface area contributed by atoms with Gasteiger partial charge in [0.25, 0.3) is 11.5 Å². The number of carbonyl (C=O) groups is 1. The average Bonchev–Trinajstić information content (AvgIpc) is 2.85. The Morgan fingerprint density at radius 2 is 1.95 bits per heavy atom. The summed E-state index contributed by atoms with van der Waals surface area (Å²) in [4.78, 5) is 30.7. The number of benzene rings is 1. The summed E-state index contributed by atoms with van der Waals surface area (Å²) in [7, 11) is 0. The first-order chi connectivity index (χ1) is 10.1. The van der Waals surface area contributed by atoms with Crippen molar-refractivity contribution in [2.45, 2.75) is 13.8 Å². The van der Waals surface area contributed by atoms with Crippen molar-refractivity contribution in [1.29, 1.82) is 0 Å². The van der Waals surface area contributed by atoms with E-state index in [-0.39, 0.29) is 11.5 Å². The molecule has 0 radical (unpaired) electrons. The first kappa shape index (κ1) is 13.5. The fourth-order valence-electron chi connectivity index (χ4n) is 2.09. The second-order valence-corrected chi connectivity index (χ2v) is 5.92. The molecule has 0 saturated carbocycles. The Morgan fingerprint density at radius 1 is 1.24 bits per heavy atom. The lowest BCUT2D eigenvalue weighted by atomic mass is 10.2. The molecule has 1 aromatic carbocycles. The van der Waals surface area contributed by atoms with E-state index in [1.165, 1.54) is 16.0 Å². The van der Waals surface area contributed by atoms with Gasteiger partial charge in [0.1, 0.15) is 10.7 Å². The van der Waals surface area contributed by atoms with E-state index in [1.807, 2.05) is 13.0 Å². The van der Waals surface area contributed by atoms with E-state index in [0.29, 0.717) is 21.6 Å². The number of aryl methyl sites for hydroxylation is 2. The highest BCUT2D eigenvalue weighted by Gasteiger charge is 2.13. The molecule has 5 nitrogen and oxygen atoms in total. The molecule has 0 spiro atoms. The lowest BCUT2D eigenvalue weighted by Gasteiger charge is -2.10. The van der Waals surface area contributed by atoms with Crippen LogP contribution < -0.4 is 11.0 Å². The Balaban J connectivity index is 2.05. The number of hydrogen-bond donors (Lipinski definition) is 1. The maximum atomic E-state index is 12.4. The predicted molar refractivity (Wildman–Crippen MR) is 83.5 cm³/mol. The molecule has 2 heterocycles. The first-order valence-corrected chi connectivity index (χ1v) is 7.24. The molecule has 6 heteroatoms. The van der Waals surface area contributed by atoms with Gasteiger partial charge in [0.2, 0.25) is 0 Å². The quantitative estimate of drug-likeness (QED) is 0.790. The Morgan fingerprint density at radius 3 is 2.67 bits per heavy atom. The molecule has 106 valence electrons. The molecular formula is C15H13N3O2S. The second kappa shape index (κ2) is 5.14. The minimum absolute atomic E-state index is 0.258. The number of rotatable bonds is 2. The molecule has 0 fully saturated rings. The Bertz CT molecular complexity index is 881. The van der Waals surface area contributed by atoms with Crippen LogP contribution in [0, 0.1) is 13.8 Å². The minimum Gasteiger partial charge on any atom is -0.267 e. The van der Waals surface area contributed by atoms with Gasteiger partial charge in [-0.3, -0.25) is 15.0 Å². The van der Waals surface area contributed by atoms with Crippen LogP contribution in [0.5, 0.6) is 0 Å². The maximum Gasteiger partial charge on any atom is 0.281 e. The third kappa shape index (κ3) is 2.45. The van der Waals surface area contributed by atoms with E-state index in [0.717, 1.165) is 4.88 Å². The van der Waals surface area contributed by atoms with Crippen molar-refractivity contribution in [2.24, 2.45) is 0 Å². The number of fused-ring (bicyclic) bond motifs is 1. The smallest absolute Gasteiger partial charge is 0.267 e. The highest BCUT2D eigenvalue weighted by atomic mass is 32.1. The molecule has 1 N–H and O–H groups in total. The van der Waals surface area contributed by atoms with Crippen LogP contribution in [-0.4, -0.2) is 15.6 Å². The van der Waals surface area contributed by atoms with Crippen LogP contribution in [0.15, 0.2) is 41.2 Å². The molecule has 21 heavy (non-hydrogen) atoms. The molecule has 0 aliphatic rings. The number of nitrogens with zero attached hydrogens (tertiary/aromatic N) is 2. The summed E-state index contributed by atoms with van der Waals surface area (Å²) in [5, 5.41) is 0.525. The summed E-state index contributed by atoms with van der Waals surface area (Å²) in [6, 6.07) is 10.5. The van der Waals surface area contributed by atoms with Gasteiger partial charge in [0.05, 0.1) is 5.39 Å². The summed E-state index contributed by atoms with van der Waals surface area (Å²) in [5.41, 5.74) is 2.84. The number of hydrogen-bond acceptors (Lipinski definition) is 4. The van der Waals surface area contributed by atoms with E-state index >= 15 is 0 Å². The van der Waals surface area contributed by atoms with Crippen molar-refractivity contribution in [1.82, 2.24) is 9.66 Å². The van der Waals surface area contributed by atoms with Crippen LogP contribution in [0.1, 0.15) is 21.1 Å². The summed E-state index contributed by atoms with van der Waals surface area (Å²) in [6.07, 6.45) is 0. The minimum atomic E-state index is -0.339. The van der Waals surface area contributed by atoms with Crippen molar-refractivity contribution in [3.63, 3.8) is 0 Å². The fourth-order valence-corrected chi connectivity index (χ4v) is 3.01. The molecule has 3 rings (SSSR count). The number of amides is 1. The predicted octanol–water partition coefficient (Wildman–Crippen LogP) is 2.46. The van der Waals surface area contributed by atoms with Crippen LogP contribution in [0.4, 0.5) is 0 Å². The third-order valence-corrected chi connectivity index (χ3v) is 4.05. The summed E-state index contributed by atoms with van der Waals surface area (Å²) in [6.45, 7) is 3.62. The average molecular weight is 299 g/mol. The van der Waals surface area contributed by atoms with E-state index in [4.69, 9.17) is 0 Å². The summed E-state index contributed by atoms with van der Waals surface area (Å²) < 4.78 is 1.20. The zero-order valence-corrected chi connectivity index (χ0v) is 12.4. The van der Waals surface area contributed by atoms with Gasteiger partial charge >= 0.3 is 0 Å². The summed E-state index contributed by atoms with van der Waals surface area (Å²) in [5.74, 6) is 0.118. The Kier molecular flexibility index (Phi) is 3.31. The van der Waals surface area contributed by atoms with Gasteiger partial charge < -0.3 is 0 Å². The lowest BCUT2D eigenvalue weighted by Crippen LogP contribution is -2.35. The molecule has 0 aliphatic heterocycles. The second-order valence-electron chi connectivity index (χ2n) is 4.68. The molecule has 0 saturated heterocycles. The van der Waals surface area contributed by atoms with Crippen molar-refractivity contribution >= 4 is 27.5 Å². The van der Waals surface area contributed by atoms with Crippen LogP contribution in [0.2, 0.25) is 0 Å². The van der Waals surface area contributed by atoms with E-state index in [2.05, 4.69) is 10.4 Å². The molecule has 0 aliphatic carbocycles. The third-order valence-electron chi connectivity index (χ3n) is 3.11. The molecule has 0 atom stereocenters. The van der Waals surface area contributed by atoms with Gasteiger partial charge in [-0.15, -0.1) is 11.3 Å². The summed E-state index contributed by atoms with van der Waals surface area (Å²) >= 11 is 1.47. The zero-order valence-electron chi connectivity index (χ0n) is 11.6. The van der Waals surface area contributed by atoms with E-state index < -0.39 is 0 Å². The van der Waals surface area contributed by atoms with E-state index in [9.17, 15) is 9.59 Å². The van der Waals surface area contributed by atoms with Crippen molar-refractivity contribution in [2.75, 3.05) is 5.43 Å². The molecule has 1 amide bonds. The Hall–Kier alpha value is -2.47. The number of thiophene rings is 1. The topological polar surface area (TPSA) is 64.0 Å². The highest BCUT2D eigenvalue weighted by molar-refractivity contribution is 7.18. The molecule has 2 aromatic heterocycles. The maximum absolute atomic E-state index is 12.4. The largest absolute Gasteiger partial charge is 0.281 e. The van der Waals surface area contributed by atoms with Crippen LogP contribution in [-0.2, 0) is 0 Å². The van der Waals surface area contributed by atoms with Gasteiger partial charge in [-0.2, -0.15) is 0 Å². The van der Waals surface area contributed by atoms with Gasteiger partial charge in [0.15, 0.2) is 0 Å². The number of carbonyl (C=O) groups excluding carboxylic acids is 1. The van der Waals surface area contributed by atoms with E-state index in [1.54, 1.807) is 37.3 Å². The molecular weight excluding hydrogens is 286 g/mol. The standard InChI is InChI=1S/C15H13N3O2S/c1-9-8-12-14(21-9)16-10(2)18(15(12)20)17-13(19)11-6-4-3-5-7-11/h3-8H,1-2H3,(H,17,19). The fraction of sp³-hybridized carbons (Fsp3) is 0.133. The van der Waals surface area contributed by atoms with Crippen LogP contribution in [0.25, 0.3) is 10.2 Å². The normalized spacial score (nSPS) is 10.8. The monoisotopic (exact) mass is 299 g/mol. The number of nitrogens with one attached hydrogen (secondary N) is 1. The Labute approximate surface area is 124 Å². The van der Waals surface area contributed by atoms with Gasteiger partial charge in [-0.25, -0.2) is 9.66 Å². The number of aromatic nitrogens is 2. The van der Waals surface area contributed by atoms with Crippen LogP contribution in [0.3, 0.4) is 0 Å². The van der Waals surface area contributed by atoms with Crippen molar-refractivity contribution < 1.29 is 4.79 Å². The molecule has 0 bridgehead atoms. The van der Waals surface area contributed by atoms with Gasteiger partial charge in [-0.05, 0) is 32.0 Å². The van der Waals surface area contributed by atoms with Crippen molar-refractivity contribution in [3.8, 4) is 0 Å². The lowest BCUT2D eigenvalue weighted by molar-refractivity contribution is 0.101. The molecule has 0 unspecified atom stereocenters. The van der Waals surface area contributed by atoms with Crippen LogP contribution >= 0.6 is 11.3 Å². The first-order valence-electron chi connectivity index (χ1n) is 6.42. The van der Waals surface area contributed by atoms with Gasteiger partial charge in [-0.1, -0.05) is 18.2 Å². The van der Waals surface area contributed by atoms with Crippen molar-refractivity contribution in [3.05, 3.63) is 63.0 Å². The molecule has 3 aromatic rings. The highest BCUT2D eigenvalue weighted by Crippen LogP contribution is 2.20. The SMILES string of the molecule is Cc1cc2c(=O)n(NC(=O)c3ccccc3)c(C)nc2s1.